The predicted molar refractivity (Wildman–Crippen MR) is 74.0 cm³/mol. The highest BCUT2D eigenvalue weighted by molar-refractivity contribution is 5.94. The molecular formula is C14H13FN2O4. The molecule has 0 amide bonds. The number of rotatable bonds is 1. The predicted octanol–water partition coefficient (Wildman–Crippen LogP) is 1.54. The van der Waals surface area contributed by atoms with Crippen molar-refractivity contribution in [2.75, 3.05) is 12.1 Å². The van der Waals surface area contributed by atoms with E-state index in [0.717, 1.165) is 6.07 Å². The number of pyridine rings is 1. The van der Waals surface area contributed by atoms with Crippen molar-refractivity contribution in [3.05, 3.63) is 39.9 Å². The Morgan fingerprint density at radius 2 is 2.05 bits per heavy atom. The zero-order valence-electron chi connectivity index (χ0n) is 11.7. The number of nitrogens with zero attached hydrogens (tertiary/aromatic N) is 2. The molecular weight excluding hydrogens is 279 g/mol. The van der Waals surface area contributed by atoms with Gasteiger partial charge in [0.05, 0.1) is 5.39 Å². The Kier molecular flexibility index (Phi) is 2.54. The Labute approximate surface area is 118 Å². The topological polar surface area (TPSA) is 71.8 Å². The Bertz CT molecular complexity index is 841. The first-order chi connectivity index (χ1) is 9.74. The van der Waals surface area contributed by atoms with Crippen molar-refractivity contribution in [3.63, 3.8) is 0 Å². The number of carboxylic acid groups (broad SMARTS) is 1. The first kappa shape index (κ1) is 13.4. The second-order valence-corrected chi connectivity index (χ2v) is 5.37. The van der Waals surface area contributed by atoms with Gasteiger partial charge in [0.2, 0.25) is 5.43 Å². The van der Waals surface area contributed by atoms with Gasteiger partial charge < -0.3 is 9.84 Å². The van der Waals surface area contributed by atoms with Crippen molar-refractivity contribution >= 4 is 16.9 Å². The van der Waals surface area contributed by atoms with Gasteiger partial charge in [0.25, 0.3) is 0 Å². The first-order valence-corrected chi connectivity index (χ1v) is 6.28. The van der Waals surface area contributed by atoms with Crippen molar-refractivity contribution in [2.24, 2.45) is 0 Å². The summed E-state index contributed by atoms with van der Waals surface area (Å²) >= 11 is 0. The molecule has 1 aromatic heterocycles. The number of aromatic carboxylic acids is 1. The Balaban J connectivity index is 2.53. The minimum Gasteiger partial charge on any atom is -0.477 e. The van der Waals surface area contributed by atoms with Crippen LogP contribution in [0.2, 0.25) is 0 Å². The van der Waals surface area contributed by atoms with Gasteiger partial charge in [0, 0.05) is 13.2 Å². The van der Waals surface area contributed by atoms with Crippen LogP contribution in [0.15, 0.2) is 23.1 Å². The summed E-state index contributed by atoms with van der Waals surface area (Å²) in [7, 11) is 1.67. The second-order valence-electron chi connectivity index (χ2n) is 5.37. The average Bonchev–Trinajstić information content (AvgIpc) is 2.40. The Morgan fingerprint density at radius 1 is 1.38 bits per heavy atom. The van der Waals surface area contributed by atoms with Gasteiger partial charge in [-0.1, -0.05) is 0 Å². The molecule has 2 heterocycles. The molecule has 0 atom stereocenters. The SMILES string of the molecule is CN1n2cc(C(=O)O)c(=O)c3ccc(F)c(c32)OC1(C)C. The van der Waals surface area contributed by atoms with Gasteiger partial charge in [-0.3, -0.25) is 14.5 Å². The van der Waals surface area contributed by atoms with Gasteiger partial charge in [-0.15, -0.1) is 0 Å². The molecule has 1 aliphatic rings. The fraction of sp³-hybridized carbons (Fsp3) is 0.286. The molecule has 0 aliphatic carbocycles. The maximum Gasteiger partial charge on any atom is 0.341 e. The summed E-state index contributed by atoms with van der Waals surface area (Å²) in [5.41, 5.74) is -1.70. The van der Waals surface area contributed by atoms with Crippen LogP contribution >= 0.6 is 0 Å². The highest BCUT2D eigenvalue weighted by Gasteiger charge is 2.35. The van der Waals surface area contributed by atoms with Crippen LogP contribution in [0, 0.1) is 5.82 Å². The van der Waals surface area contributed by atoms with Crippen molar-refractivity contribution in [1.82, 2.24) is 4.68 Å². The number of ether oxygens (including phenoxy) is 1. The van der Waals surface area contributed by atoms with Crippen LogP contribution in [0.3, 0.4) is 0 Å². The lowest BCUT2D eigenvalue weighted by Crippen LogP contribution is -2.55. The highest BCUT2D eigenvalue weighted by Crippen LogP contribution is 2.35. The van der Waals surface area contributed by atoms with Gasteiger partial charge >= 0.3 is 5.97 Å². The van der Waals surface area contributed by atoms with E-state index in [4.69, 9.17) is 9.84 Å². The summed E-state index contributed by atoms with van der Waals surface area (Å²) in [5, 5.41) is 10.9. The summed E-state index contributed by atoms with van der Waals surface area (Å²) < 4.78 is 21.1. The quantitative estimate of drug-likeness (QED) is 0.863. The van der Waals surface area contributed by atoms with E-state index >= 15 is 0 Å². The molecule has 110 valence electrons. The zero-order valence-corrected chi connectivity index (χ0v) is 11.7. The number of carboxylic acids is 1. The van der Waals surface area contributed by atoms with E-state index in [2.05, 4.69) is 0 Å². The van der Waals surface area contributed by atoms with Crippen LogP contribution in [0.5, 0.6) is 5.75 Å². The highest BCUT2D eigenvalue weighted by atomic mass is 19.1. The van der Waals surface area contributed by atoms with E-state index < -0.39 is 22.9 Å². The smallest absolute Gasteiger partial charge is 0.341 e. The van der Waals surface area contributed by atoms with Crippen LogP contribution in [-0.4, -0.2) is 28.5 Å². The van der Waals surface area contributed by atoms with E-state index in [1.807, 2.05) is 0 Å². The Morgan fingerprint density at radius 3 is 2.67 bits per heavy atom. The Hall–Kier alpha value is -2.57. The molecule has 21 heavy (non-hydrogen) atoms. The van der Waals surface area contributed by atoms with Gasteiger partial charge in [-0.25, -0.2) is 9.18 Å². The lowest BCUT2D eigenvalue weighted by molar-refractivity contribution is 0.0672. The maximum absolute atomic E-state index is 14.0. The second kappa shape index (κ2) is 3.97. The number of hydrogen-bond acceptors (Lipinski definition) is 4. The minimum absolute atomic E-state index is 0.0513. The van der Waals surface area contributed by atoms with E-state index in [-0.39, 0.29) is 22.2 Å². The van der Waals surface area contributed by atoms with Crippen LogP contribution in [0.25, 0.3) is 10.9 Å². The van der Waals surface area contributed by atoms with Crippen molar-refractivity contribution < 1.29 is 19.0 Å². The van der Waals surface area contributed by atoms with E-state index in [0.29, 0.717) is 0 Å². The largest absolute Gasteiger partial charge is 0.477 e. The van der Waals surface area contributed by atoms with Crippen LogP contribution in [0.1, 0.15) is 24.2 Å². The first-order valence-electron chi connectivity index (χ1n) is 6.28. The summed E-state index contributed by atoms with van der Waals surface area (Å²) in [6.45, 7) is 3.43. The van der Waals surface area contributed by atoms with Crippen LogP contribution < -0.4 is 15.2 Å². The molecule has 0 saturated heterocycles. The number of benzene rings is 1. The van der Waals surface area contributed by atoms with E-state index in [9.17, 15) is 14.0 Å². The van der Waals surface area contributed by atoms with Crippen molar-refractivity contribution in [2.45, 2.75) is 19.6 Å². The summed E-state index contributed by atoms with van der Waals surface area (Å²) in [6.07, 6.45) is 1.19. The number of aromatic nitrogens is 1. The molecule has 1 aliphatic heterocycles. The number of halogens is 1. The number of carbonyl (C=O) groups is 1. The van der Waals surface area contributed by atoms with E-state index in [1.54, 1.807) is 25.9 Å². The molecule has 7 heteroatoms. The van der Waals surface area contributed by atoms with E-state index in [1.165, 1.54) is 16.9 Å². The third kappa shape index (κ3) is 1.70. The fourth-order valence-corrected chi connectivity index (χ4v) is 2.41. The third-order valence-electron chi connectivity index (χ3n) is 3.74. The minimum atomic E-state index is -1.32. The molecule has 2 aromatic rings. The summed E-state index contributed by atoms with van der Waals surface area (Å²) in [4.78, 5) is 23.4. The molecule has 0 fully saturated rings. The molecule has 6 nitrogen and oxygen atoms in total. The number of hydrogen-bond donors (Lipinski definition) is 1. The molecule has 1 aromatic carbocycles. The van der Waals surface area contributed by atoms with Crippen molar-refractivity contribution in [1.29, 1.82) is 0 Å². The van der Waals surface area contributed by atoms with Crippen molar-refractivity contribution in [3.8, 4) is 5.75 Å². The maximum atomic E-state index is 14.0. The van der Waals surface area contributed by atoms with Crippen LogP contribution in [0.4, 0.5) is 4.39 Å². The average molecular weight is 292 g/mol. The molecule has 0 unspecified atom stereocenters. The summed E-state index contributed by atoms with van der Waals surface area (Å²) in [6, 6.07) is 2.38. The van der Waals surface area contributed by atoms with Gasteiger partial charge in [0.15, 0.2) is 17.3 Å². The molecule has 0 spiro atoms. The van der Waals surface area contributed by atoms with Gasteiger partial charge in [0.1, 0.15) is 11.1 Å². The fourth-order valence-electron chi connectivity index (χ4n) is 2.41. The summed E-state index contributed by atoms with van der Waals surface area (Å²) in [5.74, 6) is -1.97. The lowest BCUT2D eigenvalue weighted by Gasteiger charge is -2.43. The molecule has 1 N–H and O–H groups in total. The molecule has 3 rings (SSSR count). The molecule has 0 saturated carbocycles. The molecule has 0 radical (unpaired) electrons. The third-order valence-corrected chi connectivity index (χ3v) is 3.74. The van der Waals surface area contributed by atoms with Gasteiger partial charge in [-0.2, -0.15) is 0 Å². The van der Waals surface area contributed by atoms with Gasteiger partial charge in [-0.05, 0) is 26.0 Å². The molecule has 0 bridgehead atoms. The monoisotopic (exact) mass is 292 g/mol. The lowest BCUT2D eigenvalue weighted by atomic mass is 10.1. The zero-order chi connectivity index (χ0) is 15.5. The normalized spacial score (nSPS) is 15.9. The van der Waals surface area contributed by atoms with Crippen LogP contribution in [-0.2, 0) is 0 Å². The standard InChI is InChI=1S/C14H13FN2O4/c1-14(2)16(3)17-6-8(13(19)20)11(18)7-4-5-9(15)12(21-14)10(7)17/h4-6H,1-3H3,(H,19,20).